The predicted octanol–water partition coefficient (Wildman–Crippen LogP) is 1.48. The van der Waals surface area contributed by atoms with Crippen LogP contribution < -0.4 is 0 Å². The minimum atomic E-state index is 0. The summed E-state index contributed by atoms with van der Waals surface area (Å²) in [4.78, 5) is 0. The van der Waals surface area contributed by atoms with Crippen LogP contribution in [-0.4, -0.2) is 0 Å². The van der Waals surface area contributed by atoms with Crippen LogP contribution in [0.25, 0.3) is 0 Å². The van der Waals surface area contributed by atoms with Crippen molar-refractivity contribution in [3.63, 3.8) is 0 Å². The van der Waals surface area contributed by atoms with Gasteiger partial charge in [-0.05, 0) is 6.07 Å². The molecule has 1 rings (SSSR count). The van der Waals surface area contributed by atoms with E-state index in [9.17, 15) is 0 Å². The van der Waals surface area contributed by atoms with E-state index in [4.69, 9.17) is 0 Å². The Labute approximate surface area is 57.8 Å². The largest absolute Gasteiger partial charge is 0.0622 e. The second kappa shape index (κ2) is 4.08. The van der Waals surface area contributed by atoms with Crippen molar-refractivity contribution >= 4 is 0 Å². The zero-order chi connectivity index (χ0) is 4.24. The summed E-state index contributed by atoms with van der Waals surface area (Å²) in [6, 6.07) is 12.5. The predicted molar refractivity (Wildman–Crippen MR) is 25.3 cm³/mol. The summed E-state index contributed by atoms with van der Waals surface area (Å²) in [6.07, 6.45) is 0. The van der Waals surface area contributed by atoms with Gasteiger partial charge in [-0.15, -0.1) is 0 Å². The molecule has 0 unspecified atom stereocenters. The first-order chi connectivity index (χ1) is 3.00. The van der Waals surface area contributed by atoms with Crippen LogP contribution in [0.15, 0.2) is 30.3 Å². The maximum Gasteiger partial charge on any atom is 0 e. The van der Waals surface area contributed by atoms with Gasteiger partial charge < -0.3 is 0 Å². The van der Waals surface area contributed by atoms with E-state index in [1.807, 2.05) is 30.3 Å². The van der Waals surface area contributed by atoms with Crippen LogP contribution in [0.2, 0.25) is 0 Å². The average molecular weight is 272 g/mol. The molecule has 0 amide bonds. The first-order valence-corrected chi connectivity index (χ1v) is 1.91. The second-order valence-electron chi connectivity index (χ2n) is 1.08. The topological polar surface area (TPSA) is 0 Å². The molecule has 1 heteroatoms. The van der Waals surface area contributed by atoms with Crippen molar-refractivity contribution < 1.29 is 21.1 Å². The van der Waals surface area contributed by atoms with Crippen molar-refractivity contribution in [1.29, 1.82) is 0 Å². The molecule has 0 bridgehead atoms. The molecule has 0 heterocycles. The van der Waals surface area contributed by atoms with Gasteiger partial charge in [0.1, 0.15) is 0 Å². The van der Waals surface area contributed by atoms with Crippen LogP contribution in [0, 0.1) is 6.07 Å². The molecule has 0 saturated carbocycles. The van der Waals surface area contributed by atoms with E-state index < -0.39 is 0 Å². The molecule has 0 aliphatic heterocycles. The smallest absolute Gasteiger partial charge is 0 e. The summed E-state index contributed by atoms with van der Waals surface area (Å²) in [5, 5.41) is 0. The van der Waals surface area contributed by atoms with E-state index in [0.717, 1.165) is 0 Å². The van der Waals surface area contributed by atoms with Gasteiger partial charge in [0.15, 0.2) is 0 Å². The van der Waals surface area contributed by atoms with Crippen molar-refractivity contribution in [3.05, 3.63) is 36.4 Å². The van der Waals surface area contributed by atoms with Crippen LogP contribution in [0.5, 0.6) is 0 Å². The van der Waals surface area contributed by atoms with Gasteiger partial charge in [0.05, 0.1) is 0 Å². The fraction of sp³-hybridized carbons (Fsp3) is 0. The van der Waals surface area contributed by atoms with Gasteiger partial charge in [-0.1, -0.05) is 30.3 Å². The van der Waals surface area contributed by atoms with Crippen molar-refractivity contribution in [1.82, 2.24) is 0 Å². The fourth-order valence-corrected chi connectivity index (χ4v) is 0.342. The molecular weight excluding hydrogens is 267 g/mol. The van der Waals surface area contributed by atoms with E-state index in [1.165, 1.54) is 0 Å². The molecule has 0 spiro atoms. The van der Waals surface area contributed by atoms with E-state index in [2.05, 4.69) is 6.07 Å². The average Bonchev–Trinajstić information content (AvgIpc) is 1.72. The Hall–Kier alpha value is -0.0917. The minimum Gasteiger partial charge on any atom is -0.0622 e. The first kappa shape index (κ1) is 6.91. The number of benzene rings is 1. The van der Waals surface area contributed by atoms with Gasteiger partial charge in [0.25, 0.3) is 0 Å². The van der Waals surface area contributed by atoms with Gasteiger partial charge in [0.2, 0.25) is 0 Å². The molecule has 7 heavy (non-hydrogen) atoms. The molecule has 0 fully saturated rings. The standard InChI is InChI=1S/C6H5.Pt/c1-2-4-6-5-3-1;/h1-5H;. The Balaban J connectivity index is 0.000000360. The van der Waals surface area contributed by atoms with Crippen molar-refractivity contribution in [3.8, 4) is 0 Å². The normalized spacial score (nSPS) is 6.86. The number of hydrogen-bond acceptors (Lipinski definition) is 0. The summed E-state index contributed by atoms with van der Waals surface area (Å²) in [5.74, 6) is 0. The summed E-state index contributed by atoms with van der Waals surface area (Å²) in [7, 11) is 0. The monoisotopic (exact) mass is 272 g/mol. The quantitative estimate of drug-likeness (QED) is 0.671. The fourth-order valence-electron chi connectivity index (χ4n) is 0.342. The number of hydrogen-bond donors (Lipinski definition) is 0. The Kier molecular flexibility index (Phi) is 4.02. The Morgan fingerprint density at radius 2 is 1.43 bits per heavy atom. The molecule has 39 valence electrons. The van der Waals surface area contributed by atoms with Gasteiger partial charge in [-0.25, -0.2) is 0 Å². The molecule has 0 saturated heterocycles. The summed E-state index contributed by atoms with van der Waals surface area (Å²) in [6.45, 7) is 0. The molecule has 1 aromatic carbocycles. The zero-order valence-electron chi connectivity index (χ0n) is 3.70. The molecule has 0 aromatic heterocycles. The molecule has 0 N–H and O–H groups in total. The molecule has 1 radical (unpaired) electrons. The van der Waals surface area contributed by atoms with Crippen LogP contribution >= 0.6 is 0 Å². The second-order valence-corrected chi connectivity index (χ2v) is 1.08. The van der Waals surface area contributed by atoms with Crippen LogP contribution in [0.3, 0.4) is 0 Å². The van der Waals surface area contributed by atoms with E-state index in [1.54, 1.807) is 0 Å². The van der Waals surface area contributed by atoms with Crippen molar-refractivity contribution in [2.24, 2.45) is 0 Å². The van der Waals surface area contributed by atoms with E-state index in [-0.39, 0.29) is 21.1 Å². The number of rotatable bonds is 0. The third-order valence-electron chi connectivity index (χ3n) is 0.607. The van der Waals surface area contributed by atoms with E-state index >= 15 is 0 Å². The van der Waals surface area contributed by atoms with Crippen LogP contribution in [-0.2, 0) is 21.1 Å². The van der Waals surface area contributed by atoms with Crippen LogP contribution in [0.4, 0.5) is 0 Å². The molecule has 0 atom stereocenters. The van der Waals surface area contributed by atoms with Gasteiger partial charge in [-0.2, -0.15) is 0 Å². The minimum absolute atomic E-state index is 0. The Bertz CT molecular complexity index is 76.1. The summed E-state index contributed by atoms with van der Waals surface area (Å²) in [5.41, 5.74) is 0. The maximum absolute atomic E-state index is 2.89. The Morgan fingerprint density at radius 3 is 1.57 bits per heavy atom. The van der Waals surface area contributed by atoms with Crippen LogP contribution in [0.1, 0.15) is 0 Å². The van der Waals surface area contributed by atoms with Gasteiger partial charge in [0, 0.05) is 21.1 Å². The van der Waals surface area contributed by atoms with Crippen molar-refractivity contribution in [2.45, 2.75) is 0 Å². The SMILES string of the molecule is [Pt].[c]1ccccc1. The maximum atomic E-state index is 2.89. The van der Waals surface area contributed by atoms with Crippen molar-refractivity contribution in [2.75, 3.05) is 0 Å². The van der Waals surface area contributed by atoms with Gasteiger partial charge in [-0.3, -0.25) is 0 Å². The van der Waals surface area contributed by atoms with Gasteiger partial charge >= 0.3 is 0 Å². The third kappa shape index (κ3) is 2.59. The molecular formula is C6H5Pt. The van der Waals surface area contributed by atoms with E-state index in [0.29, 0.717) is 0 Å². The molecule has 0 aliphatic carbocycles. The molecule has 0 nitrogen and oxygen atoms in total. The Morgan fingerprint density at radius 1 is 0.857 bits per heavy atom. The first-order valence-electron chi connectivity index (χ1n) is 1.91. The molecule has 1 aromatic rings. The molecule has 0 aliphatic rings. The summed E-state index contributed by atoms with van der Waals surface area (Å²) >= 11 is 0. The third-order valence-corrected chi connectivity index (χ3v) is 0.607. The zero-order valence-corrected chi connectivity index (χ0v) is 5.98. The summed E-state index contributed by atoms with van der Waals surface area (Å²) < 4.78 is 0.